The molecular formula is C15H25N5O4. The number of aryl methyl sites for hydroxylation is 1. The van der Waals surface area contributed by atoms with E-state index in [1.807, 2.05) is 20.8 Å². The molecule has 9 nitrogen and oxygen atoms in total. The molecular weight excluding hydrogens is 314 g/mol. The van der Waals surface area contributed by atoms with Gasteiger partial charge >= 0.3 is 6.09 Å². The van der Waals surface area contributed by atoms with Gasteiger partial charge in [0.2, 0.25) is 5.95 Å². The maximum Gasteiger partial charge on any atom is 0.410 e. The van der Waals surface area contributed by atoms with E-state index in [-0.39, 0.29) is 18.0 Å². The standard InChI is InChI=1S/C15H25N5O4/c1-9-16-13(19-18-9)17-12(22)11(21)10-5-7-20(8-6-10)14(23)24-15(2,3)4/h10-11,21H,5-8H2,1-4H3,(H2,16,17,18,19,22). The third kappa shape index (κ3) is 4.92. The minimum atomic E-state index is -1.16. The van der Waals surface area contributed by atoms with Crippen molar-refractivity contribution < 1.29 is 19.4 Å². The minimum Gasteiger partial charge on any atom is -0.444 e. The lowest BCUT2D eigenvalue weighted by molar-refractivity contribution is -0.127. The molecule has 1 aliphatic heterocycles. The third-order valence-electron chi connectivity index (χ3n) is 3.74. The quantitative estimate of drug-likeness (QED) is 0.757. The molecule has 0 radical (unpaired) electrons. The molecule has 3 N–H and O–H groups in total. The molecule has 2 heterocycles. The van der Waals surface area contributed by atoms with Gasteiger partial charge < -0.3 is 14.7 Å². The Morgan fingerprint density at radius 2 is 2.00 bits per heavy atom. The first-order valence-electron chi connectivity index (χ1n) is 8.01. The average molecular weight is 339 g/mol. The molecule has 0 spiro atoms. The van der Waals surface area contributed by atoms with Crippen LogP contribution in [0, 0.1) is 12.8 Å². The number of aromatic nitrogens is 3. The molecule has 0 aromatic carbocycles. The second kappa shape index (κ2) is 7.16. The molecule has 9 heteroatoms. The SMILES string of the molecule is Cc1nc(NC(=O)C(O)C2CCN(C(=O)OC(C)(C)C)CC2)n[nH]1. The summed E-state index contributed by atoms with van der Waals surface area (Å²) in [6.07, 6.45) is -0.470. The molecule has 1 unspecified atom stereocenters. The number of aliphatic hydroxyl groups excluding tert-OH is 1. The molecule has 0 aliphatic carbocycles. The second-order valence-electron chi connectivity index (χ2n) is 6.98. The van der Waals surface area contributed by atoms with Gasteiger partial charge in [0.1, 0.15) is 17.5 Å². The Kier molecular flexibility index (Phi) is 5.43. The van der Waals surface area contributed by atoms with Crippen LogP contribution in [0.2, 0.25) is 0 Å². The first-order chi connectivity index (χ1) is 11.2. The summed E-state index contributed by atoms with van der Waals surface area (Å²) in [5.41, 5.74) is -0.540. The fourth-order valence-corrected chi connectivity index (χ4v) is 2.52. The molecule has 1 aromatic heterocycles. The summed E-state index contributed by atoms with van der Waals surface area (Å²) in [4.78, 5) is 29.6. The lowest BCUT2D eigenvalue weighted by Gasteiger charge is -2.34. The van der Waals surface area contributed by atoms with Gasteiger partial charge in [-0.3, -0.25) is 15.2 Å². The molecule has 24 heavy (non-hydrogen) atoms. The van der Waals surface area contributed by atoms with Crippen molar-refractivity contribution in [2.24, 2.45) is 5.92 Å². The molecule has 1 aliphatic rings. The van der Waals surface area contributed by atoms with Gasteiger partial charge in [0, 0.05) is 13.1 Å². The van der Waals surface area contributed by atoms with E-state index in [9.17, 15) is 14.7 Å². The van der Waals surface area contributed by atoms with E-state index in [2.05, 4.69) is 20.5 Å². The number of carbonyl (C=O) groups excluding carboxylic acids is 2. The molecule has 1 fully saturated rings. The zero-order valence-corrected chi connectivity index (χ0v) is 14.5. The number of ether oxygens (including phenoxy) is 1. The van der Waals surface area contributed by atoms with Crippen molar-refractivity contribution in [2.75, 3.05) is 18.4 Å². The highest BCUT2D eigenvalue weighted by Crippen LogP contribution is 2.23. The van der Waals surface area contributed by atoms with Crippen molar-refractivity contribution in [3.05, 3.63) is 5.82 Å². The van der Waals surface area contributed by atoms with Crippen molar-refractivity contribution in [2.45, 2.75) is 52.2 Å². The fraction of sp³-hybridized carbons (Fsp3) is 0.733. The van der Waals surface area contributed by atoms with Crippen molar-refractivity contribution >= 4 is 17.9 Å². The monoisotopic (exact) mass is 339 g/mol. The van der Waals surface area contributed by atoms with E-state index in [0.717, 1.165) is 0 Å². The van der Waals surface area contributed by atoms with Crippen LogP contribution >= 0.6 is 0 Å². The molecule has 0 bridgehead atoms. The van der Waals surface area contributed by atoms with E-state index in [1.165, 1.54) is 0 Å². The van der Waals surface area contributed by atoms with Gasteiger partial charge in [-0.1, -0.05) is 0 Å². The zero-order chi connectivity index (χ0) is 17.9. The van der Waals surface area contributed by atoms with Gasteiger partial charge in [-0.15, -0.1) is 5.10 Å². The third-order valence-corrected chi connectivity index (χ3v) is 3.74. The van der Waals surface area contributed by atoms with E-state index in [0.29, 0.717) is 31.8 Å². The summed E-state index contributed by atoms with van der Waals surface area (Å²) in [6.45, 7) is 8.06. The smallest absolute Gasteiger partial charge is 0.410 e. The van der Waals surface area contributed by atoms with E-state index >= 15 is 0 Å². The summed E-state index contributed by atoms with van der Waals surface area (Å²) < 4.78 is 5.33. The highest BCUT2D eigenvalue weighted by molar-refractivity contribution is 5.92. The van der Waals surface area contributed by atoms with Crippen LogP contribution in [0.4, 0.5) is 10.7 Å². The number of H-pyrrole nitrogens is 1. The van der Waals surface area contributed by atoms with E-state index in [1.54, 1.807) is 11.8 Å². The summed E-state index contributed by atoms with van der Waals surface area (Å²) in [6, 6.07) is 0. The fourth-order valence-electron chi connectivity index (χ4n) is 2.52. The van der Waals surface area contributed by atoms with Crippen molar-refractivity contribution in [1.82, 2.24) is 20.1 Å². The van der Waals surface area contributed by atoms with Crippen LogP contribution in [0.1, 0.15) is 39.4 Å². The number of hydrogen-bond donors (Lipinski definition) is 3. The van der Waals surface area contributed by atoms with Crippen LogP contribution in [0.5, 0.6) is 0 Å². The van der Waals surface area contributed by atoms with Gasteiger partial charge in [-0.05, 0) is 46.5 Å². The highest BCUT2D eigenvalue weighted by atomic mass is 16.6. The Hall–Kier alpha value is -2.16. The van der Waals surface area contributed by atoms with Gasteiger partial charge in [0.25, 0.3) is 5.91 Å². The number of anilines is 1. The lowest BCUT2D eigenvalue weighted by atomic mass is 9.91. The molecule has 2 amide bonds. The van der Waals surface area contributed by atoms with Crippen molar-refractivity contribution in [3.8, 4) is 0 Å². The van der Waals surface area contributed by atoms with Crippen LogP contribution in [-0.2, 0) is 9.53 Å². The largest absolute Gasteiger partial charge is 0.444 e. The molecule has 1 saturated heterocycles. The molecule has 0 saturated carbocycles. The predicted molar refractivity (Wildman–Crippen MR) is 86.3 cm³/mol. The number of amides is 2. The zero-order valence-electron chi connectivity index (χ0n) is 14.5. The number of likely N-dealkylation sites (tertiary alicyclic amines) is 1. The molecule has 1 aromatic rings. The summed E-state index contributed by atoms with van der Waals surface area (Å²) in [7, 11) is 0. The number of nitrogens with one attached hydrogen (secondary N) is 2. The van der Waals surface area contributed by atoms with Gasteiger partial charge in [0.15, 0.2) is 0 Å². The van der Waals surface area contributed by atoms with Crippen LogP contribution in [0.25, 0.3) is 0 Å². The number of aliphatic hydroxyl groups is 1. The van der Waals surface area contributed by atoms with Crippen molar-refractivity contribution in [1.29, 1.82) is 0 Å². The van der Waals surface area contributed by atoms with Crippen LogP contribution in [-0.4, -0.2) is 62.0 Å². The second-order valence-corrected chi connectivity index (χ2v) is 6.98. The Morgan fingerprint density at radius 3 is 2.50 bits per heavy atom. The number of carbonyl (C=O) groups is 2. The van der Waals surface area contributed by atoms with Gasteiger partial charge in [-0.2, -0.15) is 4.98 Å². The molecule has 1 atom stereocenters. The number of aromatic amines is 1. The highest BCUT2D eigenvalue weighted by Gasteiger charge is 2.33. The Balaban J connectivity index is 1.82. The number of nitrogens with zero attached hydrogens (tertiary/aromatic N) is 3. The maximum atomic E-state index is 12.1. The lowest BCUT2D eigenvalue weighted by Crippen LogP contribution is -2.45. The predicted octanol–water partition coefficient (Wildman–Crippen LogP) is 1.06. The van der Waals surface area contributed by atoms with Crippen LogP contribution in [0.3, 0.4) is 0 Å². The van der Waals surface area contributed by atoms with Crippen LogP contribution < -0.4 is 5.32 Å². The average Bonchev–Trinajstić information content (AvgIpc) is 2.90. The minimum absolute atomic E-state index is 0.141. The van der Waals surface area contributed by atoms with Gasteiger partial charge in [0.05, 0.1) is 0 Å². The molecule has 2 rings (SSSR count). The van der Waals surface area contributed by atoms with Crippen molar-refractivity contribution in [3.63, 3.8) is 0 Å². The first kappa shape index (κ1) is 18.2. The maximum absolute atomic E-state index is 12.1. The number of piperidine rings is 1. The van der Waals surface area contributed by atoms with E-state index < -0.39 is 17.6 Å². The number of hydrogen-bond acceptors (Lipinski definition) is 6. The summed E-state index contributed by atoms with van der Waals surface area (Å²) >= 11 is 0. The summed E-state index contributed by atoms with van der Waals surface area (Å²) in [5, 5.41) is 19.1. The molecule has 134 valence electrons. The van der Waals surface area contributed by atoms with E-state index in [4.69, 9.17) is 4.74 Å². The topological polar surface area (TPSA) is 120 Å². The number of rotatable bonds is 3. The van der Waals surface area contributed by atoms with Gasteiger partial charge in [-0.25, -0.2) is 4.79 Å². The Bertz CT molecular complexity index is 587. The normalized spacial score (nSPS) is 17.5. The first-order valence-corrected chi connectivity index (χ1v) is 8.01. The van der Waals surface area contributed by atoms with Crippen LogP contribution in [0.15, 0.2) is 0 Å². The Labute approximate surface area is 140 Å². The Morgan fingerprint density at radius 1 is 1.38 bits per heavy atom. The summed E-state index contributed by atoms with van der Waals surface area (Å²) in [5.74, 6) is -0.0401.